The zero-order valence-electron chi connectivity index (χ0n) is 8.50. The quantitative estimate of drug-likeness (QED) is 0.521. The van der Waals surface area contributed by atoms with E-state index < -0.39 is 11.0 Å². The number of hydrogen-bond donors (Lipinski definition) is 0. The van der Waals surface area contributed by atoms with Crippen LogP contribution in [0.15, 0.2) is 12.2 Å². The summed E-state index contributed by atoms with van der Waals surface area (Å²) >= 11 is 6.11. The maximum Gasteiger partial charge on any atom is 0.159 e. The van der Waals surface area contributed by atoms with Gasteiger partial charge < -0.3 is 4.74 Å². The molecule has 0 amide bonds. The molecule has 2 aliphatic rings. The number of fused-ring (bicyclic) bond motifs is 2. The Morgan fingerprint density at radius 2 is 2.36 bits per heavy atom. The molecule has 2 heterocycles. The molecule has 2 aliphatic heterocycles. The minimum atomic E-state index is -0.562. The van der Waals surface area contributed by atoms with Crippen LogP contribution >= 0.6 is 11.6 Å². The Bertz CT molecular complexity index is 287. The van der Waals surface area contributed by atoms with Crippen LogP contribution in [-0.4, -0.2) is 22.9 Å². The molecule has 0 saturated carbocycles. The van der Waals surface area contributed by atoms with Crippen LogP contribution < -0.4 is 0 Å². The fourth-order valence-electron chi connectivity index (χ4n) is 2.27. The minimum absolute atomic E-state index is 0.0330. The van der Waals surface area contributed by atoms with E-state index in [4.69, 9.17) is 16.3 Å². The van der Waals surface area contributed by atoms with Gasteiger partial charge in [-0.25, -0.2) is 0 Å². The predicted octanol–water partition coefficient (Wildman–Crippen LogP) is 2.31. The van der Waals surface area contributed by atoms with Crippen LogP contribution in [0.25, 0.3) is 0 Å². The van der Waals surface area contributed by atoms with Gasteiger partial charge in [-0.2, -0.15) is 0 Å². The Labute approximate surface area is 89.3 Å². The monoisotopic (exact) mass is 214 g/mol. The van der Waals surface area contributed by atoms with E-state index in [1.54, 1.807) is 0 Å². The van der Waals surface area contributed by atoms with Crippen molar-refractivity contribution < 1.29 is 9.53 Å². The second-order valence-electron chi connectivity index (χ2n) is 4.29. The molecule has 78 valence electrons. The van der Waals surface area contributed by atoms with Gasteiger partial charge in [-0.1, -0.05) is 25.5 Å². The highest BCUT2D eigenvalue weighted by Crippen LogP contribution is 2.41. The molecule has 2 nitrogen and oxygen atoms in total. The zero-order chi connectivity index (χ0) is 10.3. The number of ketones is 1. The fraction of sp³-hybridized carbons (Fsp3) is 0.727. The van der Waals surface area contributed by atoms with Crippen molar-refractivity contribution in [2.24, 2.45) is 5.92 Å². The largest absolute Gasteiger partial charge is 0.361 e. The lowest BCUT2D eigenvalue weighted by Crippen LogP contribution is -2.51. The number of halogens is 1. The van der Waals surface area contributed by atoms with Gasteiger partial charge in [0.2, 0.25) is 0 Å². The van der Waals surface area contributed by atoms with Crippen LogP contribution in [0.4, 0.5) is 0 Å². The normalized spacial score (nSPS) is 45.9. The minimum Gasteiger partial charge on any atom is -0.361 e. The SMILES string of the molecule is CCC[C@H]1C(=O)[C@@H](Cl)[C@@]2(C)C=C[C@@H]1O2. The molecule has 1 saturated heterocycles. The third-order valence-corrected chi connectivity index (χ3v) is 3.77. The molecular weight excluding hydrogens is 200 g/mol. The van der Waals surface area contributed by atoms with E-state index in [9.17, 15) is 4.79 Å². The maximum atomic E-state index is 11.9. The van der Waals surface area contributed by atoms with Gasteiger partial charge in [-0.15, -0.1) is 11.6 Å². The Morgan fingerprint density at radius 3 is 3.00 bits per heavy atom. The lowest BCUT2D eigenvalue weighted by Gasteiger charge is -2.38. The van der Waals surface area contributed by atoms with Crippen molar-refractivity contribution >= 4 is 17.4 Å². The summed E-state index contributed by atoms with van der Waals surface area (Å²) in [5, 5.41) is -0.519. The van der Waals surface area contributed by atoms with E-state index in [2.05, 4.69) is 6.92 Å². The van der Waals surface area contributed by atoms with Crippen molar-refractivity contribution in [3.63, 3.8) is 0 Å². The van der Waals surface area contributed by atoms with Crippen molar-refractivity contribution in [3.05, 3.63) is 12.2 Å². The molecule has 14 heavy (non-hydrogen) atoms. The second-order valence-corrected chi connectivity index (χ2v) is 4.72. The molecule has 0 unspecified atom stereocenters. The van der Waals surface area contributed by atoms with Crippen LogP contribution in [0.2, 0.25) is 0 Å². The molecule has 0 aliphatic carbocycles. The summed E-state index contributed by atoms with van der Waals surface area (Å²) in [4.78, 5) is 11.9. The molecule has 4 atom stereocenters. The lowest BCUT2D eigenvalue weighted by atomic mass is 9.86. The van der Waals surface area contributed by atoms with E-state index in [1.807, 2.05) is 19.1 Å². The summed E-state index contributed by atoms with van der Waals surface area (Å²) in [6, 6.07) is 0. The van der Waals surface area contributed by atoms with Crippen molar-refractivity contribution in [1.82, 2.24) is 0 Å². The second kappa shape index (κ2) is 3.35. The van der Waals surface area contributed by atoms with E-state index in [0.29, 0.717) is 0 Å². The Kier molecular flexibility index (Phi) is 2.44. The van der Waals surface area contributed by atoms with Gasteiger partial charge in [0.15, 0.2) is 5.78 Å². The summed E-state index contributed by atoms with van der Waals surface area (Å²) in [7, 11) is 0. The lowest BCUT2D eigenvalue weighted by molar-refractivity contribution is -0.144. The van der Waals surface area contributed by atoms with E-state index in [-0.39, 0.29) is 17.8 Å². The van der Waals surface area contributed by atoms with E-state index in [0.717, 1.165) is 12.8 Å². The molecule has 0 aromatic carbocycles. The summed E-state index contributed by atoms with van der Waals surface area (Å²) in [6.45, 7) is 3.95. The summed E-state index contributed by atoms with van der Waals surface area (Å²) in [5.74, 6) is 0.117. The first kappa shape index (κ1) is 10.2. The van der Waals surface area contributed by atoms with Gasteiger partial charge in [0, 0.05) is 5.92 Å². The molecule has 0 spiro atoms. The van der Waals surface area contributed by atoms with Gasteiger partial charge in [-0.05, 0) is 13.3 Å². The first-order valence-electron chi connectivity index (χ1n) is 5.13. The first-order valence-corrected chi connectivity index (χ1v) is 5.57. The predicted molar refractivity (Wildman–Crippen MR) is 55.5 cm³/mol. The molecule has 2 bridgehead atoms. The summed E-state index contributed by atoms with van der Waals surface area (Å²) in [6.07, 6.45) is 5.74. The van der Waals surface area contributed by atoms with Crippen molar-refractivity contribution in [1.29, 1.82) is 0 Å². The highest BCUT2D eigenvalue weighted by atomic mass is 35.5. The number of alkyl halides is 1. The molecule has 0 aromatic rings. The van der Waals surface area contributed by atoms with Crippen molar-refractivity contribution in [2.75, 3.05) is 0 Å². The van der Waals surface area contributed by atoms with E-state index in [1.165, 1.54) is 0 Å². The standard InChI is InChI=1S/C11H15ClO2/c1-3-4-7-8-5-6-11(2,14-8)10(12)9(7)13/h5-8,10H,3-4H2,1-2H3/t7-,8+,10-,11-/m1/s1. The van der Waals surface area contributed by atoms with Gasteiger partial charge in [0.1, 0.15) is 11.0 Å². The number of hydrogen-bond acceptors (Lipinski definition) is 2. The summed E-state index contributed by atoms with van der Waals surface area (Å²) < 4.78 is 5.77. The van der Waals surface area contributed by atoms with Crippen LogP contribution in [0.5, 0.6) is 0 Å². The molecular formula is C11H15ClO2. The highest BCUT2D eigenvalue weighted by Gasteiger charge is 2.51. The number of carbonyl (C=O) groups is 1. The number of rotatable bonds is 2. The van der Waals surface area contributed by atoms with Crippen LogP contribution in [-0.2, 0) is 9.53 Å². The topological polar surface area (TPSA) is 26.3 Å². The zero-order valence-corrected chi connectivity index (χ0v) is 9.25. The Morgan fingerprint density at radius 1 is 1.64 bits per heavy atom. The number of carbonyl (C=O) groups excluding carboxylic acids is 1. The molecule has 1 fully saturated rings. The molecule has 0 radical (unpaired) electrons. The third kappa shape index (κ3) is 1.32. The maximum absolute atomic E-state index is 11.9. The number of Topliss-reactive ketones (excluding diaryl/α,β-unsaturated/α-hetero) is 1. The van der Waals surface area contributed by atoms with E-state index >= 15 is 0 Å². The molecule has 2 rings (SSSR count). The number of ether oxygens (including phenoxy) is 1. The molecule has 0 N–H and O–H groups in total. The Balaban J connectivity index is 2.25. The molecule has 0 aromatic heterocycles. The average Bonchev–Trinajstić information content (AvgIpc) is 2.52. The van der Waals surface area contributed by atoms with Crippen molar-refractivity contribution in [2.45, 2.75) is 43.8 Å². The van der Waals surface area contributed by atoms with Crippen LogP contribution in [0, 0.1) is 5.92 Å². The molecule has 3 heteroatoms. The average molecular weight is 215 g/mol. The van der Waals surface area contributed by atoms with Crippen LogP contribution in [0.1, 0.15) is 26.7 Å². The van der Waals surface area contributed by atoms with Crippen LogP contribution in [0.3, 0.4) is 0 Å². The smallest absolute Gasteiger partial charge is 0.159 e. The first-order chi connectivity index (χ1) is 6.58. The van der Waals surface area contributed by atoms with Gasteiger partial charge in [0.05, 0.1) is 6.10 Å². The van der Waals surface area contributed by atoms with Gasteiger partial charge in [-0.3, -0.25) is 4.79 Å². The van der Waals surface area contributed by atoms with Gasteiger partial charge in [0.25, 0.3) is 0 Å². The summed E-state index contributed by atoms with van der Waals surface area (Å²) in [5.41, 5.74) is -0.562. The Hall–Kier alpha value is -0.340. The van der Waals surface area contributed by atoms with Gasteiger partial charge >= 0.3 is 0 Å². The van der Waals surface area contributed by atoms with Crippen molar-refractivity contribution in [3.8, 4) is 0 Å². The third-order valence-electron chi connectivity index (χ3n) is 3.12. The highest BCUT2D eigenvalue weighted by molar-refractivity contribution is 6.33. The fourth-order valence-corrected chi connectivity index (χ4v) is 2.55.